The molecule has 2 aromatic rings. The zero-order valence-electron chi connectivity index (χ0n) is 25.8. The molecule has 4 fully saturated rings. The maximum Gasteiger partial charge on any atom is 0.321 e. The molecular weight excluding hydrogens is 540 g/mol. The largest absolute Gasteiger partial charge is 0.381 e. The third-order valence-electron chi connectivity index (χ3n) is 10.5. The van der Waals surface area contributed by atoms with Gasteiger partial charge in [0.15, 0.2) is 0 Å². The van der Waals surface area contributed by atoms with Crippen molar-refractivity contribution in [1.29, 1.82) is 5.26 Å². The smallest absolute Gasteiger partial charge is 0.321 e. The van der Waals surface area contributed by atoms with Gasteiger partial charge in [-0.1, -0.05) is 30.3 Å². The maximum atomic E-state index is 14.0. The molecule has 6 rings (SSSR count). The van der Waals surface area contributed by atoms with E-state index >= 15 is 0 Å². The summed E-state index contributed by atoms with van der Waals surface area (Å²) in [6, 6.07) is 15.1. The van der Waals surface area contributed by atoms with Crippen molar-refractivity contribution in [3.05, 3.63) is 64.5 Å². The van der Waals surface area contributed by atoms with Gasteiger partial charge in [-0.25, -0.2) is 9.78 Å². The van der Waals surface area contributed by atoms with Gasteiger partial charge in [-0.3, -0.25) is 9.69 Å². The number of likely N-dealkylation sites (tertiary alicyclic amines) is 2. The summed E-state index contributed by atoms with van der Waals surface area (Å²) in [5, 5.41) is 9.23. The van der Waals surface area contributed by atoms with E-state index in [1.807, 2.05) is 24.8 Å². The van der Waals surface area contributed by atoms with Crippen LogP contribution in [0.5, 0.6) is 0 Å². The molecule has 9 nitrogen and oxygen atoms in total. The lowest BCUT2D eigenvalue weighted by Crippen LogP contribution is -2.58. The lowest BCUT2D eigenvalue weighted by Gasteiger charge is -2.50. The second kappa shape index (κ2) is 12.3. The maximum absolute atomic E-state index is 14.0. The topological polar surface area (TPSA) is 93.0 Å². The first-order valence-corrected chi connectivity index (χ1v) is 15.9. The van der Waals surface area contributed by atoms with Crippen LogP contribution in [0.25, 0.3) is 0 Å². The molecule has 4 aliphatic heterocycles. The summed E-state index contributed by atoms with van der Waals surface area (Å²) in [5.74, 6) is 0.0151. The summed E-state index contributed by atoms with van der Waals surface area (Å²) in [6.45, 7) is 11.6. The van der Waals surface area contributed by atoms with E-state index in [-0.39, 0.29) is 35.6 Å². The molecule has 0 aliphatic carbocycles. The highest BCUT2D eigenvalue weighted by Crippen LogP contribution is 2.39. The van der Waals surface area contributed by atoms with Crippen molar-refractivity contribution in [2.45, 2.75) is 83.0 Å². The Morgan fingerprint density at radius 1 is 1.00 bits per heavy atom. The van der Waals surface area contributed by atoms with Crippen molar-refractivity contribution in [1.82, 2.24) is 24.6 Å². The van der Waals surface area contributed by atoms with Crippen LogP contribution in [-0.4, -0.2) is 100 Å². The van der Waals surface area contributed by atoms with Crippen molar-refractivity contribution in [2.75, 3.05) is 45.9 Å². The summed E-state index contributed by atoms with van der Waals surface area (Å²) in [4.78, 5) is 40.7. The van der Waals surface area contributed by atoms with E-state index in [1.165, 1.54) is 5.56 Å². The predicted octanol–water partition coefficient (Wildman–Crippen LogP) is 4.69. The van der Waals surface area contributed by atoms with Gasteiger partial charge in [-0.15, -0.1) is 0 Å². The average Bonchev–Trinajstić information content (AvgIpc) is 3.38. The van der Waals surface area contributed by atoms with Crippen LogP contribution >= 0.6 is 0 Å². The summed E-state index contributed by atoms with van der Waals surface area (Å²) >= 11 is 0. The van der Waals surface area contributed by atoms with Crippen LogP contribution in [0.2, 0.25) is 0 Å². The second-order valence-corrected chi connectivity index (χ2v) is 13.0. The fourth-order valence-corrected chi connectivity index (χ4v) is 7.85. The van der Waals surface area contributed by atoms with Crippen molar-refractivity contribution in [2.24, 2.45) is 0 Å². The normalized spacial score (nSPS) is 23.9. The molecule has 1 aromatic carbocycles. The van der Waals surface area contributed by atoms with Crippen LogP contribution in [0.15, 0.2) is 36.4 Å². The molecule has 0 saturated carbocycles. The van der Waals surface area contributed by atoms with Gasteiger partial charge in [0, 0.05) is 63.6 Å². The van der Waals surface area contributed by atoms with Crippen molar-refractivity contribution < 1.29 is 14.3 Å². The molecule has 5 heterocycles. The summed E-state index contributed by atoms with van der Waals surface area (Å²) in [5.41, 5.74) is 3.66. The van der Waals surface area contributed by atoms with E-state index < -0.39 is 0 Å². The number of ether oxygens (including phenoxy) is 1. The highest BCUT2D eigenvalue weighted by molar-refractivity contribution is 5.96. The van der Waals surface area contributed by atoms with Gasteiger partial charge in [0.05, 0.1) is 17.3 Å². The van der Waals surface area contributed by atoms with E-state index in [4.69, 9.17) is 4.74 Å². The Hall–Kier alpha value is -3.48. The number of benzene rings is 1. The number of nitrogens with zero attached hydrogens (tertiary/aromatic N) is 6. The number of amides is 3. The van der Waals surface area contributed by atoms with E-state index in [9.17, 15) is 14.9 Å². The highest BCUT2D eigenvalue weighted by Gasteiger charge is 2.47. The summed E-state index contributed by atoms with van der Waals surface area (Å²) in [7, 11) is 0. The number of aryl methyl sites for hydroxylation is 2. The number of hydrogen-bond donors (Lipinski definition) is 0. The van der Waals surface area contributed by atoms with Gasteiger partial charge < -0.3 is 19.4 Å². The predicted molar refractivity (Wildman–Crippen MR) is 164 cm³/mol. The Labute approximate surface area is 255 Å². The molecule has 228 valence electrons. The molecule has 1 aromatic heterocycles. The Morgan fingerprint density at radius 2 is 1.67 bits per heavy atom. The molecule has 1 unspecified atom stereocenters. The van der Waals surface area contributed by atoms with Crippen LogP contribution in [0.1, 0.15) is 84.4 Å². The Kier molecular flexibility index (Phi) is 8.43. The van der Waals surface area contributed by atoms with Gasteiger partial charge in [0.25, 0.3) is 5.91 Å². The third-order valence-corrected chi connectivity index (χ3v) is 10.5. The molecule has 4 saturated heterocycles. The van der Waals surface area contributed by atoms with Crippen molar-refractivity contribution in [3.8, 4) is 6.07 Å². The first kappa shape index (κ1) is 29.6. The van der Waals surface area contributed by atoms with Crippen LogP contribution in [0.4, 0.5) is 4.79 Å². The van der Waals surface area contributed by atoms with E-state index in [0.29, 0.717) is 30.0 Å². The molecule has 3 amide bonds. The number of aromatic nitrogens is 1. The number of nitriles is 1. The highest BCUT2D eigenvalue weighted by atomic mass is 16.5. The lowest BCUT2D eigenvalue weighted by molar-refractivity contribution is 0.00468. The molecule has 43 heavy (non-hydrogen) atoms. The monoisotopic (exact) mass is 584 g/mol. The van der Waals surface area contributed by atoms with Crippen LogP contribution < -0.4 is 0 Å². The van der Waals surface area contributed by atoms with Crippen molar-refractivity contribution in [3.63, 3.8) is 0 Å². The molecule has 0 bridgehead atoms. The second-order valence-electron chi connectivity index (χ2n) is 13.0. The fraction of sp³-hybridized carbons (Fsp3) is 0.588. The third kappa shape index (κ3) is 5.75. The van der Waals surface area contributed by atoms with Gasteiger partial charge in [-0.05, 0) is 76.5 Å². The number of rotatable bonds is 5. The summed E-state index contributed by atoms with van der Waals surface area (Å²) < 4.78 is 5.60. The average molecular weight is 585 g/mol. The molecular formula is C34H44N6O3. The molecule has 0 spiro atoms. The number of urea groups is 1. The zero-order valence-corrected chi connectivity index (χ0v) is 25.8. The van der Waals surface area contributed by atoms with E-state index in [1.54, 1.807) is 6.07 Å². The Morgan fingerprint density at radius 3 is 2.30 bits per heavy atom. The lowest BCUT2D eigenvalue weighted by atomic mass is 9.85. The van der Waals surface area contributed by atoms with Crippen LogP contribution in [0, 0.1) is 25.2 Å². The first-order chi connectivity index (χ1) is 20.8. The minimum absolute atomic E-state index is 0.0151. The zero-order chi connectivity index (χ0) is 30.1. The minimum Gasteiger partial charge on any atom is -0.381 e. The first-order valence-electron chi connectivity index (χ1n) is 15.9. The Bertz CT molecular complexity index is 1350. The molecule has 1 atom stereocenters. The van der Waals surface area contributed by atoms with Gasteiger partial charge >= 0.3 is 6.03 Å². The molecule has 0 N–H and O–H groups in total. The number of piperidine rings is 2. The molecule has 4 aliphatic rings. The minimum atomic E-state index is 0.0151. The summed E-state index contributed by atoms with van der Waals surface area (Å²) in [6.07, 6.45) is 5.58. The molecule has 9 heteroatoms. The SMILES string of the molecule is Cc1cc(C#N)nc(C)c1C(=O)N1CCC(C)(N2CCC(N3C(=O)N(C4CCOCC4)CC3c3ccccc3)CC2)CC1. The van der Waals surface area contributed by atoms with Crippen molar-refractivity contribution >= 4 is 11.9 Å². The number of hydrogen-bond acceptors (Lipinski definition) is 6. The Balaban J connectivity index is 1.10. The van der Waals surface area contributed by atoms with Gasteiger partial charge in [0.2, 0.25) is 0 Å². The number of carbonyl (C=O) groups is 2. The fourth-order valence-electron chi connectivity index (χ4n) is 7.85. The quantitative estimate of drug-likeness (QED) is 0.507. The van der Waals surface area contributed by atoms with E-state index in [0.717, 1.165) is 76.9 Å². The van der Waals surface area contributed by atoms with Crippen LogP contribution in [0.3, 0.4) is 0 Å². The standard InChI is InChI=1S/C34H44N6O3/c1-24-21-27(22-35)36-25(2)31(24)32(41)37-17-13-34(3,14-18-37)38-15-9-29(10-16-38)40-30(26-7-5-4-6-8-26)23-39(33(40)42)28-11-19-43-20-12-28/h4-8,21,28-30H,9-20,23H2,1-3H3. The van der Waals surface area contributed by atoms with Crippen LogP contribution in [-0.2, 0) is 4.74 Å². The number of carbonyl (C=O) groups excluding carboxylic acids is 2. The molecule has 0 radical (unpaired) electrons. The van der Waals surface area contributed by atoms with Gasteiger partial charge in [-0.2, -0.15) is 5.26 Å². The number of pyridine rings is 1. The van der Waals surface area contributed by atoms with Gasteiger partial charge in [0.1, 0.15) is 11.8 Å². The van der Waals surface area contributed by atoms with E-state index in [2.05, 4.69) is 56.9 Å².